The molecule has 1 aromatic rings. The smallest absolute Gasteiger partial charge is 0.149 e. The summed E-state index contributed by atoms with van der Waals surface area (Å²) in [5.41, 5.74) is 0.254. The second-order valence-corrected chi connectivity index (χ2v) is 6.34. The maximum Gasteiger partial charge on any atom is 0.149 e. The fraction of sp³-hybridized carbons (Fsp3) is 0.571. The van der Waals surface area contributed by atoms with Crippen LogP contribution in [0.15, 0.2) is 18.2 Å². The first-order chi connectivity index (χ1) is 8.19. The molecule has 1 heterocycles. The molecule has 4 heteroatoms. The average Bonchev–Trinajstić information content (AvgIpc) is 2.11. The molecule has 1 N–H and O–H groups in total. The number of anilines is 1. The standard InChI is InChI=1S/C14H20F2N2/c1-13(2)8-18(9-14(3,4)17-13)12-6-5-10(15)7-11(12)16/h5-7,17H,8-9H2,1-4H3. The number of nitrogens with zero attached hydrogens (tertiary/aromatic N) is 1. The molecule has 1 aromatic carbocycles. The second kappa shape index (κ2) is 4.19. The van der Waals surface area contributed by atoms with Crippen molar-refractivity contribution in [2.75, 3.05) is 18.0 Å². The predicted octanol–water partition coefficient (Wildman–Crippen LogP) is 2.93. The van der Waals surface area contributed by atoms with Gasteiger partial charge in [0.1, 0.15) is 11.6 Å². The third-order valence-electron chi connectivity index (χ3n) is 3.10. The van der Waals surface area contributed by atoms with Crippen LogP contribution in [0.4, 0.5) is 14.5 Å². The molecular weight excluding hydrogens is 234 g/mol. The van der Waals surface area contributed by atoms with Crippen molar-refractivity contribution in [1.82, 2.24) is 5.32 Å². The van der Waals surface area contributed by atoms with Gasteiger partial charge in [0.05, 0.1) is 5.69 Å². The van der Waals surface area contributed by atoms with Gasteiger partial charge in [-0.05, 0) is 39.8 Å². The number of hydrogen-bond acceptors (Lipinski definition) is 2. The molecule has 0 radical (unpaired) electrons. The van der Waals surface area contributed by atoms with Gasteiger partial charge >= 0.3 is 0 Å². The minimum absolute atomic E-state index is 0.109. The van der Waals surface area contributed by atoms with E-state index in [1.807, 2.05) is 4.90 Å². The Morgan fingerprint density at radius 3 is 2.11 bits per heavy atom. The topological polar surface area (TPSA) is 15.3 Å². The highest BCUT2D eigenvalue weighted by molar-refractivity contribution is 5.49. The van der Waals surface area contributed by atoms with Crippen LogP contribution in [0.2, 0.25) is 0 Å². The summed E-state index contributed by atoms with van der Waals surface area (Å²) in [6, 6.07) is 3.76. The fourth-order valence-corrected chi connectivity index (χ4v) is 2.91. The summed E-state index contributed by atoms with van der Waals surface area (Å²) < 4.78 is 26.8. The Hall–Kier alpha value is -1.16. The van der Waals surface area contributed by atoms with Gasteiger partial charge in [0.25, 0.3) is 0 Å². The van der Waals surface area contributed by atoms with E-state index in [9.17, 15) is 8.78 Å². The third kappa shape index (κ3) is 2.80. The summed E-state index contributed by atoms with van der Waals surface area (Å²) in [4.78, 5) is 1.98. The monoisotopic (exact) mass is 254 g/mol. The molecule has 0 saturated carbocycles. The zero-order valence-corrected chi connectivity index (χ0v) is 11.3. The van der Waals surface area contributed by atoms with Crippen molar-refractivity contribution < 1.29 is 8.78 Å². The molecule has 1 aliphatic heterocycles. The van der Waals surface area contributed by atoms with Crippen LogP contribution in [-0.4, -0.2) is 24.2 Å². The number of benzene rings is 1. The molecular formula is C14H20F2N2. The minimum Gasteiger partial charge on any atom is -0.366 e. The van der Waals surface area contributed by atoms with E-state index in [0.717, 1.165) is 6.07 Å². The Morgan fingerprint density at radius 1 is 1.06 bits per heavy atom. The van der Waals surface area contributed by atoms with Crippen molar-refractivity contribution in [2.24, 2.45) is 0 Å². The van der Waals surface area contributed by atoms with Crippen LogP contribution in [0.1, 0.15) is 27.7 Å². The van der Waals surface area contributed by atoms with Gasteiger partial charge in [-0.25, -0.2) is 8.78 Å². The Kier molecular flexibility index (Phi) is 3.09. The highest BCUT2D eigenvalue weighted by Gasteiger charge is 2.37. The highest BCUT2D eigenvalue weighted by atomic mass is 19.1. The van der Waals surface area contributed by atoms with E-state index >= 15 is 0 Å². The molecule has 0 aliphatic carbocycles. The predicted molar refractivity (Wildman–Crippen MR) is 69.9 cm³/mol. The Balaban J connectivity index is 2.32. The van der Waals surface area contributed by atoms with Crippen LogP contribution in [-0.2, 0) is 0 Å². The van der Waals surface area contributed by atoms with E-state index in [1.165, 1.54) is 12.1 Å². The largest absolute Gasteiger partial charge is 0.366 e. The molecule has 100 valence electrons. The maximum atomic E-state index is 13.8. The first-order valence-electron chi connectivity index (χ1n) is 6.18. The van der Waals surface area contributed by atoms with E-state index in [2.05, 4.69) is 33.0 Å². The lowest BCUT2D eigenvalue weighted by atomic mass is 9.91. The molecule has 0 aromatic heterocycles. The molecule has 18 heavy (non-hydrogen) atoms. The number of hydrogen-bond donors (Lipinski definition) is 1. The molecule has 0 amide bonds. The summed E-state index contributed by atoms with van der Waals surface area (Å²) in [6.07, 6.45) is 0. The summed E-state index contributed by atoms with van der Waals surface area (Å²) >= 11 is 0. The Bertz CT molecular complexity index is 439. The van der Waals surface area contributed by atoms with Crippen molar-refractivity contribution in [1.29, 1.82) is 0 Å². The van der Waals surface area contributed by atoms with Gasteiger partial charge in [0, 0.05) is 30.2 Å². The third-order valence-corrected chi connectivity index (χ3v) is 3.10. The molecule has 2 nitrogen and oxygen atoms in total. The van der Waals surface area contributed by atoms with E-state index < -0.39 is 11.6 Å². The van der Waals surface area contributed by atoms with Crippen LogP contribution < -0.4 is 10.2 Å². The molecule has 2 rings (SSSR count). The maximum absolute atomic E-state index is 13.8. The van der Waals surface area contributed by atoms with Crippen molar-refractivity contribution in [3.05, 3.63) is 29.8 Å². The first kappa shape index (κ1) is 13.3. The van der Waals surface area contributed by atoms with Crippen LogP contribution in [0, 0.1) is 11.6 Å². The lowest BCUT2D eigenvalue weighted by Crippen LogP contribution is -2.67. The van der Waals surface area contributed by atoms with Gasteiger partial charge in [-0.15, -0.1) is 0 Å². The van der Waals surface area contributed by atoms with Gasteiger partial charge in [-0.1, -0.05) is 0 Å². The van der Waals surface area contributed by atoms with E-state index in [0.29, 0.717) is 18.8 Å². The summed E-state index contributed by atoms with van der Waals surface area (Å²) in [5, 5.41) is 3.52. The van der Waals surface area contributed by atoms with Crippen LogP contribution in [0.25, 0.3) is 0 Å². The zero-order chi connectivity index (χ0) is 13.6. The second-order valence-electron chi connectivity index (χ2n) is 6.34. The number of halogens is 2. The SMILES string of the molecule is CC1(C)CN(c2ccc(F)cc2F)CC(C)(C)N1. The van der Waals surface area contributed by atoms with Gasteiger partial charge in [-0.2, -0.15) is 0 Å². The molecule has 0 atom stereocenters. The average molecular weight is 254 g/mol. The summed E-state index contributed by atoms with van der Waals surface area (Å²) in [5.74, 6) is -1.03. The molecule has 0 bridgehead atoms. The fourth-order valence-electron chi connectivity index (χ4n) is 2.91. The minimum atomic E-state index is -0.537. The molecule has 0 spiro atoms. The van der Waals surface area contributed by atoms with Crippen LogP contribution in [0.3, 0.4) is 0 Å². The highest BCUT2D eigenvalue weighted by Crippen LogP contribution is 2.28. The molecule has 1 fully saturated rings. The van der Waals surface area contributed by atoms with Gasteiger partial charge < -0.3 is 10.2 Å². The number of rotatable bonds is 1. The van der Waals surface area contributed by atoms with Crippen molar-refractivity contribution in [2.45, 2.75) is 38.8 Å². The quantitative estimate of drug-likeness (QED) is 0.829. The normalized spacial score (nSPS) is 22.0. The summed E-state index contributed by atoms with van der Waals surface area (Å²) in [6.45, 7) is 9.73. The molecule has 1 saturated heterocycles. The number of nitrogens with one attached hydrogen (secondary N) is 1. The van der Waals surface area contributed by atoms with Gasteiger partial charge in [0.2, 0.25) is 0 Å². The lowest BCUT2D eigenvalue weighted by Gasteiger charge is -2.49. The van der Waals surface area contributed by atoms with E-state index in [1.54, 1.807) is 0 Å². The Morgan fingerprint density at radius 2 is 1.61 bits per heavy atom. The first-order valence-corrected chi connectivity index (χ1v) is 6.18. The van der Waals surface area contributed by atoms with Gasteiger partial charge in [0.15, 0.2) is 0 Å². The van der Waals surface area contributed by atoms with Crippen molar-refractivity contribution in [3.63, 3.8) is 0 Å². The van der Waals surface area contributed by atoms with Crippen LogP contribution in [0.5, 0.6) is 0 Å². The van der Waals surface area contributed by atoms with Crippen molar-refractivity contribution >= 4 is 5.69 Å². The molecule has 0 unspecified atom stereocenters. The zero-order valence-electron chi connectivity index (χ0n) is 11.3. The number of piperazine rings is 1. The molecule has 1 aliphatic rings. The summed E-state index contributed by atoms with van der Waals surface area (Å²) in [7, 11) is 0. The van der Waals surface area contributed by atoms with E-state index in [-0.39, 0.29) is 11.1 Å². The lowest BCUT2D eigenvalue weighted by molar-refractivity contribution is 0.225. The van der Waals surface area contributed by atoms with Crippen molar-refractivity contribution in [3.8, 4) is 0 Å². The van der Waals surface area contributed by atoms with E-state index in [4.69, 9.17) is 0 Å². The van der Waals surface area contributed by atoms with Crippen LogP contribution >= 0.6 is 0 Å². The van der Waals surface area contributed by atoms with Gasteiger partial charge in [-0.3, -0.25) is 0 Å². The Labute approximate surface area is 107 Å².